The summed E-state index contributed by atoms with van der Waals surface area (Å²) in [6.07, 6.45) is 0.241. The van der Waals surface area contributed by atoms with Crippen LogP contribution in [0.5, 0.6) is 0 Å². The van der Waals surface area contributed by atoms with Crippen molar-refractivity contribution < 1.29 is 9.59 Å². The number of amides is 2. The lowest BCUT2D eigenvalue weighted by atomic mass is 10.1. The third-order valence-corrected chi connectivity index (χ3v) is 4.05. The number of nitrogens with zero attached hydrogens (tertiary/aromatic N) is 1. The van der Waals surface area contributed by atoms with Crippen LogP contribution in [0.25, 0.3) is 0 Å². The average molecular weight is 377 g/mol. The Morgan fingerprint density at radius 3 is 2.81 bits per heavy atom. The van der Waals surface area contributed by atoms with Crippen LogP contribution in [0.2, 0.25) is 0 Å². The molecule has 7 heteroatoms. The summed E-state index contributed by atoms with van der Waals surface area (Å²) in [5, 5.41) is 2.82. The average Bonchev–Trinajstić information content (AvgIpc) is 2.81. The number of hydrogen-bond donors (Lipinski definition) is 2. The van der Waals surface area contributed by atoms with Gasteiger partial charge in [-0.2, -0.15) is 0 Å². The molecule has 1 saturated heterocycles. The molecule has 0 saturated carbocycles. The number of anilines is 1. The first-order valence-corrected chi connectivity index (χ1v) is 7.37. The number of carbonyl (C=O) groups is 2. The summed E-state index contributed by atoms with van der Waals surface area (Å²) in [5.74, 6) is -0.452. The molecule has 0 spiro atoms. The van der Waals surface area contributed by atoms with E-state index in [1.165, 1.54) is 0 Å². The number of para-hydroxylation sites is 1. The van der Waals surface area contributed by atoms with Gasteiger partial charge in [0.25, 0.3) is 0 Å². The molecule has 1 heterocycles. The van der Waals surface area contributed by atoms with E-state index in [2.05, 4.69) is 21.2 Å². The minimum absolute atomic E-state index is 0. The molecule has 0 aromatic heterocycles. The summed E-state index contributed by atoms with van der Waals surface area (Å²) in [5.41, 5.74) is 6.29. The normalized spacial score (nSPS) is 19.1. The fourth-order valence-corrected chi connectivity index (χ4v) is 2.71. The summed E-state index contributed by atoms with van der Waals surface area (Å²) < 4.78 is 0.852. The zero-order valence-electron chi connectivity index (χ0n) is 11.7. The van der Waals surface area contributed by atoms with Gasteiger partial charge in [0.05, 0.1) is 11.6 Å². The van der Waals surface area contributed by atoms with E-state index < -0.39 is 0 Å². The minimum atomic E-state index is -0.316. The van der Waals surface area contributed by atoms with E-state index >= 15 is 0 Å². The van der Waals surface area contributed by atoms with Crippen molar-refractivity contribution >= 4 is 45.8 Å². The van der Waals surface area contributed by atoms with Gasteiger partial charge in [-0.25, -0.2) is 0 Å². The van der Waals surface area contributed by atoms with Crippen LogP contribution in [0.15, 0.2) is 28.7 Å². The standard InChI is InChI=1S/C14H18BrN3O2.ClH/c1-9(7-16)17-14(20)10-6-13(19)18(8-10)12-5-3-2-4-11(12)15;/h2-5,9-10H,6-8,16H2,1H3,(H,17,20);1H/t9-,10?;/m0./s1. The van der Waals surface area contributed by atoms with Gasteiger partial charge in [-0.1, -0.05) is 12.1 Å². The highest BCUT2D eigenvalue weighted by atomic mass is 79.9. The van der Waals surface area contributed by atoms with Crippen LogP contribution in [-0.2, 0) is 9.59 Å². The Morgan fingerprint density at radius 1 is 1.52 bits per heavy atom. The molecule has 2 amide bonds. The first-order chi connectivity index (χ1) is 9.52. The number of hydrogen-bond acceptors (Lipinski definition) is 3. The second-order valence-corrected chi connectivity index (χ2v) is 5.86. The van der Waals surface area contributed by atoms with Gasteiger partial charge >= 0.3 is 0 Å². The second-order valence-electron chi connectivity index (χ2n) is 5.00. The van der Waals surface area contributed by atoms with Crippen molar-refractivity contribution in [2.24, 2.45) is 11.7 Å². The second kappa shape index (κ2) is 7.77. The number of halogens is 2. The van der Waals surface area contributed by atoms with Crippen LogP contribution in [-0.4, -0.2) is 30.9 Å². The van der Waals surface area contributed by atoms with Crippen LogP contribution < -0.4 is 16.0 Å². The zero-order valence-corrected chi connectivity index (χ0v) is 14.1. The molecule has 2 atom stereocenters. The molecule has 1 aromatic rings. The van der Waals surface area contributed by atoms with Crippen LogP contribution >= 0.6 is 28.3 Å². The van der Waals surface area contributed by atoms with E-state index in [1.807, 2.05) is 31.2 Å². The largest absolute Gasteiger partial charge is 0.352 e. The minimum Gasteiger partial charge on any atom is -0.352 e. The monoisotopic (exact) mass is 375 g/mol. The van der Waals surface area contributed by atoms with Crippen LogP contribution in [0.4, 0.5) is 5.69 Å². The number of benzene rings is 1. The Balaban J connectivity index is 0.00000220. The molecule has 5 nitrogen and oxygen atoms in total. The topological polar surface area (TPSA) is 75.4 Å². The highest BCUT2D eigenvalue weighted by Gasteiger charge is 2.35. The molecule has 1 aliphatic rings. The van der Waals surface area contributed by atoms with Gasteiger partial charge in [-0.05, 0) is 35.0 Å². The molecule has 0 aliphatic carbocycles. The summed E-state index contributed by atoms with van der Waals surface area (Å²) in [6, 6.07) is 7.44. The van der Waals surface area contributed by atoms with Crippen molar-refractivity contribution in [3.05, 3.63) is 28.7 Å². The lowest BCUT2D eigenvalue weighted by Gasteiger charge is -2.19. The Morgan fingerprint density at radius 2 is 2.19 bits per heavy atom. The van der Waals surface area contributed by atoms with E-state index in [-0.39, 0.29) is 42.6 Å². The molecule has 1 aliphatic heterocycles. The molecule has 1 unspecified atom stereocenters. The van der Waals surface area contributed by atoms with Crippen molar-refractivity contribution in [1.82, 2.24) is 5.32 Å². The van der Waals surface area contributed by atoms with E-state index in [4.69, 9.17) is 5.73 Å². The molecular formula is C14H19BrClN3O2. The maximum absolute atomic E-state index is 12.1. The molecule has 0 radical (unpaired) electrons. The Bertz CT molecular complexity index is 527. The van der Waals surface area contributed by atoms with Crippen LogP contribution in [0.3, 0.4) is 0 Å². The quantitative estimate of drug-likeness (QED) is 0.839. The predicted molar refractivity (Wildman–Crippen MR) is 88.5 cm³/mol. The van der Waals surface area contributed by atoms with Gasteiger partial charge in [-0.3, -0.25) is 9.59 Å². The summed E-state index contributed by atoms with van der Waals surface area (Å²) in [4.78, 5) is 25.8. The molecule has 21 heavy (non-hydrogen) atoms. The highest BCUT2D eigenvalue weighted by molar-refractivity contribution is 9.10. The zero-order chi connectivity index (χ0) is 14.7. The molecule has 3 N–H and O–H groups in total. The van der Waals surface area contributed by atoms with Crippen molar-refractivity contribution in [3.8, 4) is 0 Å². The smallest absolute Gasteiger partial charge is 0.227 e. The maximum atomic E-state index is 12.1. The highest BCUT2D eigenvalue weighted by Crippen LogP contribution is 2.31. The van der Waals surface area contributed by atoms with Gasteiger partial charge in [0.15, 0.2) is 0 Å². The van der Waals surface area contributed by atoms with Crippen molar-refractivity contribution in [2.75, 3.05) is 18.0 Å². The van der Waals surface area contributed by atoms with E-state index in [0.717, 1.165) is 10.2 Å². The van der Waals surface area contributed by atoms with Crippen molar-refractivity contribution in [3.63, 3.8) is 0 Å². The lowest BCUT2D eigenvalue weighted by Crippen LogP contribution is -2.41. The SMILES string of the molecule is C[C@@H](CN)NC(=O)C1CC(=O)N(c2ccccc2Br)C1.Cl. The van der Waals surface area contributed by atoms with E-state index in [1.54, 1.807) is 4.90 Å². The van der Waals surface area contributed by atoms with Gasteiger partial charge in [-0.15, -0.1) is 12.4 Å². The van der Waals surface area contributed by atoms with Gasteiger partial charge in [0, 0.05) is 30.0 Å². The van der Waals surface area contributed by atoms with E-state index in [9.17, 15) is 9.59 Å². The lowest BCUT2D eigenvalue weighted by molar-refractivity contribution is -0.126. The fourth-order valence-electron chi connectivity index (χ4n) is 2.21. The Labute approximate surface area is 138 Å². The molecule has 116 valence electrons. The van der Waals surface area contributed by atoms with Crippen LogP contribution in [0, 0.1) is 5.92 Å². The molecule has 1 fully saturated rings. The van der Waals surface area contributed by atoms with Crippen molar-refractivity contribution in [1.29, 1.82) is 0 Å². The summed E-state index contributed by atoms with van der Waals surface area (Å²) in [6.45, 7) is 2.64. The first kappa shape index (κ1) is 17.9. The number of rotatable bonds is 4. The molecular weight excluding hydrogens is 358 g/mol. The number of nitrogens with one attached hydrogen (secondary N) is 1. The molecule has 2 rings (SSSR count). The van der Waals surface area contributed by atoms with Crippen LogP contribution in [0.1, 0.15) is 13.3 Å². The summed E-state index contributed by atoms with van der Waals surface area (Å²) in [7, 11) is 0. The molecule has 0 bridgehead atoms. The van der Waals surface area contributed by atoms with Crippen molar-refractivity contribution in [2.45, 2.75) is 19.4 Å². The molecule has 1 aromatic carbocycles. The van der Waals surface area contributed by atoms with E-state index in [0.29, 0.717) is 13.1 Å². The third-order valence-electron chi connectivity index (χ3n) is 3.38. The first-order valence-electron chi connectivity index (χ1n) is 6.58. The van der Waals surface area contributed by atoms with Gasteiger partial charge in [0.1, 0.15) is 0 Å². The fraction of sp³-hybridized carbons (Fsp3) is 0.429. The number of carbonyl (C=O) groups excluding carboxylic acids is 2. The summed E-state index contributed by atoms with van der Waals surface area (Å²) >= 11 is 3.43. The Kier molecular flexibility index (Phi) is 6.64. The Hall–Kier alpha value is -1.11. The van der Waals surface area contributed by atoms with Gasteiger partial charge in [0.2, 0.25) is 11.8 Å². The van der Waals surface area contributed by atoms with Gasteiger partial charge < -0.3 is 16.0 Å². The number of nitrogens with two attached hydrogens (primary N) is 1. The maximum Gasteiger partial charge on any atom is 0.227 e. The predicted octanol–water partition coefficient (Wildman–Crippen LogP) is 1.69. The third kappa shape index (κ3) is 4.18.